The molecule has 1 rings (SSSR count). The van der Waals surface area contributed by atoms with Gasteiger partial charge in [-0.05, 0) is 41.2 Å². The van der Waals surface area contributed by atoms with E-state index in [-0.39, 0.29) is 0 Å². The summed E-state index contributed by atoms with van der Waals surface area (Å²) in [5.41, 5.74) is 1.37. The Hall–Kier alpha value is -1.18. The van der Waals surface area contributed by atoms with Crippen LogP contribution in [0.25, 0.3) is 12.8 Å². The molecule has 0 unspecified atom stereocenters. The molecule has 0 N–H and O–H groups in total. The van der Waals surface area contributed by atoms with E-state index in [1.165, 1.54) is 10.8 Å². The second kappa shape index (κ2) is 4.36. The van der Waals surface area contributed by atoms with Crippen molar-refractivity contribution in [2.45, 2.75) is 19.8 Å². The Kier molecular flexibility index (Phi) is 3.40. The van der Waals surface area contributed by atoms with Crippen LogP contribution in [0, 0.1) is 0 Å². The van der Waals surface area contributed by atoms with Crippen molar-refractivity contribution in [1.82, 2.24) is 4.81 Å². The number of hydrogen-bond donors (Lipinski definition) is 0. The highest BCUT2D eigenvalue weighted by molar-refractivity contribution is 6.06. The van der Waals surface area contributed by atoms with Crippen LogP contribution in [0.5, 0.6) is 0 Å². The van der Waals surface area contributed by atoms with Gasteiger partial charge < -0.3 is 4.81 Å². The molecule has 0 saturated heterocycles. The monoisotopic (exact) mass is 187 g/mol. The van der Waals surface area contributed by atoms with Gasteiger partial charge in [0.05, 0.1) is 0 Å². The Bertz CT molecular complexity index is 407. The fourth-order valence-corrected chi connectivity index (χ4v) is 1.37. The molecule has 0 aliphatic carbocycles. The van der Waals surface area contributed by atoms with Crippen LogP contribution in [-0.2, 0) is 0 Å². The first-order chi connectivity index (χ1) is 6.50. The summed E-state index contributed by atoms with van der Waals surface area (Å²) in [5, 5.41) is 2.30. The second-order valence-corrected chi connectivity index (χ2v) is 4.21. The fraction of sp³-hybridized carbons (Fsp3) is 0.333. The molecular weight excluding hydrogens is 169 g/mol. The third-order valence-electron chi connectivity index (χ3n) is 2.23. The first kappa shape index (κ1) is 10.9. The summed E-state index contributed by atoms with van der Waals surface area (Å²) in [6.07, 6.45) is 2.11. The molecule has 1 aromatic carbocycles. The van der Waals surface area contributed by atoms with E-state index in [1.54, 1.807) is 0 Å². The molecular formula is C12H18BN. The Balaban J connectivity index is 3.29. The van der Waals surface area contributed by atoms with E-state index >= 15 is 0 Å². The van der Waals surface area contributed by atoms with Crippen LogP contribution in [0.1, 0.15) is 25.3 Å². The summed E-state index contributed by atoms with van der Waals surface area (Å²) in [6.45, 7) is 8.43. The molecule has 1 nitrogen and oxygen atoms in total. The predicted molar refractivity (Wildman–Crippen MR) is 66.1 cm³/mol. The Morgan fingerprint density at radius 1 is 1.43 bits per heavy atom. The van der Waals surface area contributed by atoms with Gasteiger partial charge in [-0.15, -0.1) is 0 Å². The van der Waals surface area contributed by atoms with E-state index in [2.05, 4.69) is 44.8 Å². The van der Waals surface area contributed by atoms with Crippen molar-refractivity contribution in [3.05, 3.63) is 34.2 Å². The summed E-state index contributed by atoms with van der Waals surface area (Å²) < 4.78 is 0. The summed E-state index contributed by atoms with van der Waals surface area (Å²) in [4.78, 5) is 2.05. The third-order valence-corrected chi connectivity index (χ3v) is 2.23. The van der Waals surface area contributed by atoms with Crippen molar-refractivity contribution in [3.8, 4) is 0 Å². The van der Waals surface area contributed by atoms with Gasteiger partial charge in [-0.1, -0.05) is 32.6 Å². The Morgan fingerprint density at radius 2 is 2.07 bits per heavy atom. The molecule has 2 heteroatoms. The summed E-state index contributed by atoms with van der Waals surface area (Å²) in [7, 11) is 4.06. The molecule has 0 spiro atoms. The highest BCUT2D eigenvalue weighted by atomic mass is 15.0. The van der Waals surface area contributed by atoms with Crippen LogP contribution in [-0.4, -0.2) is 19.8 Å². The number of benzene rings is 1. The van der Waals surface area contributed by atoms with Gasteiger partial charge in [0.25, 0.3) is 0 Å². The normalized spacial score (nSPS) is 12.1. The summed E-state index contributed by atoms with van der Waals surface area (Å²) in [5.74, 6) is 0.574. The Morgan fingerprint density at radius 3 is 2.57 bits per heavy atom. The molecule has 0 atom stereocenters. The van der Waals surface area contributed by atoms with Crippen LogP contribution < -0.4 is 10.4 Å². The number of nitrogens with zero attached hydrogens (tertiary/aromatic N) is 1. The first-order valence-electron chi connectivity index (χ1n) is 4.98. The lowest BCUT2D eigenvalue weighted by molar-refractivity contribution is 0.808. The molecule has 0 fully saturated rings. The van der Waals surface area contributed by atoms with E-state index < -0.39 is 0 Å². The van der Waals surface area contributed by atoms with Gasteiger partial charge in [0, 0.05) is 0 Å². The molecule has 1 aromatic rings. The number of rotatable bonds is 2. The lowest BCUT2D eigenvalue weighted by atomic mass is 10.0. The average molecular weight is 187 g/mol. The van der Waals surface area contributed by atoms with Gasteiger partial charge in [-0.3, -0.25) is 0 Å². The third kappa shape index (κ3) is 2.66. The van der Waals surface area contributed by atoms with E-state index in [1.807, 2.05) is 19.8 Å². The van der Waals surface area contributed by atoms with Crippen molar-refractivity contribution in [3.63, 3.8) is 0 Å². The van der Waals surface area contributed by atoms with E-state index in [9.17, 15) is 0 Å². The van der Waals surface area contributed by atoms with Crippen LogP contribution >= 0.6 is 0 Å². The predicted octanol–water partition coefficient (Wildman–Crippen LogP) is 0.438. The maximum atomic E-state index is 4.02. The SMILES string of the molecule is BN(C)/C=c1/cc(C(C)C)ccc1=C. The van der Waals surface area contributed by atoms with Gasteiger partial charge in [0.2, 0.25) is 7.98 Å². The van der Waals surface area contributed by atoms with Crippen molar-refractivity contribution in [2.24, 2.45) is 0 Å². The lowest BCUT2D eigenvalue weighted by Gasteiger charge is -2.07. The number of hydrogen-bond acceptors (Lipinski definition) is 1. The van der Waals surface area contributed by atoms with Gasteiger partial charge in [-0.25, -0.2) is 0 Å². The molecule has 14 heavy (non-hydrogen) atoms. The zero-order valence-electron chi connectivity index (χ0n) is 9.54. The van der Waals surface area contributed by atoms with Gasteiger partial charge in [-0.2, -0.15) is 0 Å². The minimum atomic E-state index is 0.574. The van der Waals surface area contributed by atoms with E-state index in [4.69, 9.17) is 0 Å². The zero-order valence-corrected chi connectivity index (χ0v) is 9.54. The van der Waals surface area contributed by atoms with Crippen LogP contribution in [0.15, 0.2) is 18.2 Å². The second-order valence-electron chi connectivity index (χ2n) is 4.21. The molecule has 0 amide bonds. The zero-order chi connectivity index (χ0) is 10.7. The maximum absolute atomic E-state index is 4.02. The van der Waals surface area contributed by atoms with Gasteiger partial charge in [0.15, 0.2) is 0 Å². The smallest absolute Gasteiger partial charge is 0.216 e. The summed E-state index contributed by atoms with van der Waals surface area (Å²) in [6, 6.07) is 6.46. The molecule has 0 aliphatic rings. The molecule has 0 aromatic heterocycles. The van der Waals surface area contributed by atoms with Crippen molar-refractivity contribution >= 4 is 20.8 Å². The fourth-order valence-electron chi connectivity index (χ4n) is 1.37. The topological polar surface area (TPSA) is 3.24 Å². The van der Waals surface area contributed by atoms with Crippen molar-refractivity contribution < 1.29 is 0 Å². The van der Waals surface area contributed by atoms with Crippen molar-refractivity contribution in [2.75, 3.05) is 7.05 Å². The van der Waals surface area contributed by atoms with E-state index in [0.717, 1.165) is 5.22 Å². The molecule has 0 saturated carbocycles. The van der Waals surface area contributed by atoms with Crippen molar-refractivity contribution in [1.29, 1.82) is 0 Å². The standard InChI is InChI=1S/C12H18BN/c1-9(2)11-6-5-10(3)12(7-11)8-14(4)13/h5-9H,3,13H2,1-2,4H3/b12-8-. The minimum absolute atomic E-state index is 0.574. The molecule has 0 bridgehead atoms. The first-order valence-corrected chi connectivity index (χ1v) is 4.98. The van der Waals surface area contributed by atoms with Gasteiger partial charge in [0.1, 0.15) is 0 Å². The maximum Gasteiger partial charge on any atom is 0.216 e. The average Bonchev–Trinajstić information content (AvgIpc) is 2.07. The minimum Gasteiger partial charge on any atom is -0.430 e. The Labute approximate surface area is 87.2 Å². The van der Waals surface area contributed by atoms with Crippen LogP contribution in [0.2, 0.25) is 0 Å². The lowest BCUT2D eigenvalue weighted by Crippen LogP contribution is -2.26. The quantitative estimate of drug-likeness (QED) is 0.607. The summed E-state index contributed by atoms with van der Waals surface area (Å²) >= 11 is 0. The largest absolute Gasteiger partial charge is 0.430 e. The highest BCUT2D eigenvalue weighted by Crippen LogP contribution is 2.09. The van der Waals surface area contributed by atoms with Gasteiger partial charge >= 0.3 is 0 Å². The molecule has 0 radical (unpaired) electrons. The van der Waals surface area contributed by atoms with E-state index in [0.29, 0.717) is 5.92 Å². The highest BCUT2D eigenvalue weighted by Gasteiger charge is 1.97. The molecule has 0 heterocycles. The molecule has 0 aliphatic heterocycles. The van der Waals surface area contributed by atoms with Crippen LogP contribution in [0.4, 0.5) is 0 Å². The van der Waals surface area contributed by atoms with Crippen LogP contribution in [0.3, 0.4) is 0 Å². The molecule has 74 valence electrons.